The Hall–Kier alpha value is -2.97. The molecule has 1 aromatic carbocycles. The summed E-state index contributed by atoms with van der Waals surface area (Å²) in [6.07, 6.45) is 9.15. The fraction of sp³-hybridized carbons (Fsp3) is 0.480. The second-order valence-corrected chi connectivity index (χ2v) is 8.90. The van der Waals surface area contributed by atoms with E-state index in [1.54, 1.807) is 10.7 Å². The summed E-state index contributed by atoms with van der Waals surface area (Å²) in [5.74, 6) is 2.81. The molecule has 0 spiro atoms. The van der Waals surface area contributed by atoms with E-state index in [4.69, 9.17) is 18.6 Å². The van der Waals surface area contributed by atoms with E-state index >= 15 is 0 Å². The van der Waals surface area contributed by atoms with Crippen LogP contribution in [0.25, 0.3) is 11.0 Å². The zero-order valence-electron chi connectivity index (χ0n) is 18.8. The van der Waals surface area contributed by atoms with Gasteiger partial charge in [-0.25, -0.2) is 9.48 Å². The van der Waals surface area contributed by atoms with E-state index in [-0.39, 0.29) is 12.2 Å². The Bertz CT molecular complexity index is 1180. The normalized spacial score (nSPS) is 21.3. The molecule has 2 aliphatic rings. The van der Waals surface area contributed by atoms with Gasteiger partial charge in [0.25, 0.3) is 0 Å². The highest BCUT2D eigenvalue weighted by Gasteiger charge is 2.35. The molecule has 0 N–H and O–H groups in total. The average Bonchev–Trinajstić information content (AvgIpc) is 3.54. The molecule has 1 fully saturated rings. The topological polar surface area (TPSA) is 88.6 Å². The number of rotatable bonds is 11. The Labute approximate surface area is 192 Å². The van der Waals surface area contributed by atoms with Crippen molar-refractivity contribution in [2.75, 3.05) is 26.4 Å². The molecular formula is C25H29N3O5. The van der Waals surface area contributed by atoms with E-state index in [0.29, 0.717) is 49.3 Å². The molecule has 174 valence electrons. The van der Waals surface area contributed by atoms with Crippen molar-refractivity contribution in [3.8, 4) is 5.75 Å². The first kappa shape index (κ1) is 21.9. The van der Waals surface area contributed by atoms with Crippen molar-refractivity contribution in [3.05, 3.63) is 64.3 Å². The second kappa shape index (κ2) is 9.89. The van der Waals surface area contributed by atoms with E-state index < -0.39 is 0 Å². The molecule has 8 heteroatoms. The molecule has 0 saturated heterocycles. The van der Waals surface area contributed by atoms with Gasteiger partial charge in [0.1, 0.15) is 23.6 Å². The highest BCUT2D eigenvalue weighted by Crippen LogP contribution is 2.43. The highest BCUT2D eigenvalue weighted by molar-refractivity contribution is 5.81. The first-order valence-corrected chi connectivity index (χ1v) is 11.5. The molecular weight excluding hydrogens is 422 g/mol. The van der Waals surface area contributed by atoms with Gasteiger partial charge in [0, 0.05) is 17.5 Å². The van der Waals surface area contributed by atoms with Gasteiger partial charge in [-0.15, -0.1) is 5.10 Å². The molecule has 0 aliphatic heterocycles. The maximum atomic E-state index is 11.6. The third-order valence-corrected chi connectivity index (χ3v) is 6.48. The minimum absolute atomic E-state index is 0.272. The molecule has 2 bridgehead atoms. The smallest absolute Gasteiger partial charge is 0.336 e. The van der Waals surface area contributed by atoms with Crippen molar-refractivity contribution in [3.63, 3.8) is 0 Å². The van der Waals surface area contributed by atoms with Crippen molar-refractivity contribution in [1.29, 1.82) is 0 Å². The fourth-order valence-electron chi connectivity index (χ4n) is 4.77. The van der Waals surface area contributed by atoms with E-state index in [0.717, 1.165) is 29.4 Å². The maximum absolute atomic E-state index is 11.6. The lowest BCUT2D eigenvalue weighted by Crippen LogP contribution is -2.17. The largest absolute Gasteiger partial charge is 0.487 e. The lowest BCUT2D eigenvalue weighted by molar-refractivity contribution is 0.0269. The summed E-state index contributed by atoms with van der Waals surface area (Å²) in [6, 6.07) is 6.94. The van der Waals surface area contributed by atoms with E-state index in [1.165, 1.54) is 18.9 Å². The quantitative estimate of drug-likeness (QED) is 0.250. The van der Waals surface area contributed by atoms with Gasteiger partial charge in [-0.3, -0.25) is 0 Å². The Kier molecular flexibility index (Phi) is 6.55. The number of benzene rings is 1. The maximum Gasteiger partial charge on any atom is 0.336 e. The van der Waals surface area contributed by atoms with Gasteiger partial charge in [-0.1, -0.05) is 17.4 Å². The number of hydrogen-bond donors (Lipinski definition) is 0. The van der Waals surface area contributed by atoms with Crippen molar-refractivity contribution < 1.29 is 18.6 Å². The summed E-state index contributed by atoms with van der Waals surface area (Å²) in [4.78, 5) is 11.6. The number of ether oxygens (including phenoxy) is 3. The van der Waals surface area contributed by atoms with Crippen LogP contribution in [0, 0.1) is 24.7 Å². The van der Waals surface area contributed by atoms with Gasteiger partial charge < -0.3 is 18.6 Å². The first-order chi connectivity index (χ1) is 16.1. The SMILES string of the molecule is Cc1cc(=O)oc2cc(OCc3cn(CCOCCOCC4CC5C=CC4C5)nn3)ccc12. The van der Waals surface area contributed by atoms with Crippen LogP contribution < -0.4 is 10.4 Å². The molecule has 33 heavy (non-hydrogen) atoms. The summed E-state index contributed by atoms with van der Waals surface area (Å²) in [7, 11) is 0. The molecule has 2 aliphatic carbocycles. The van der Waals surface area contributed by atoms with Crippen molar-refractivity contribution in [2.45, 2.75) is 32.9 Å². The van der Waals surface area contributed by atoms with E-state index in [9.17, 15) is 4.79 Å². The molecule has 3 aromatic rings. The second-order valence-electron chi connectivity index (χ2n) is 8.90. The Morgan fingerprint density at radius 1 is 1.12 bits per heavy atom. The van der Waals surface area contributed by atoms with Crippen molar-refractivity contribution >= 4 is 11.0 Å². The summed E-state index contributed by atoms with van der Waals surface area (Å²) in [5.41, 5.74) is 1.73. The third-order valence-electron chi connectivity index (χ3n) is 6.48. The van der Waals surface area contributed by atoms with Gasteiger partial charge >= 0.3 is 5.63 Å². The predicted molar refractivity (Wildman–Crippen MR) is 122 cm³/mol. The summed E-state index contributed by atoms with van der Waals surface area (Å²) in [5, 5.41) is 9.15. The van der Waals surface area contributed by atoms with Crippen molar-refractivity contribution in [2.24, 2.45) is 17.8 Å². The number of aromatic nitrogens is 3. The van der Waals surface area contributed by atoms with Gasteiger partial charge in [0.15, 0.2) is 0 Å². The van der Waals surface area contributed by atoms with E-state index in [2.05, 4.69) is 22.5 Å². The minimum Gasteiger partial charge on any atom is -0.487 e. The standard InChI is InChI=1S/C25H29N3O5/c1-17-10-25(29)33-24-13-22(4-5-23(17)24)32-16-21-14-28(27-26-21)6-7-30-8-9-31-15-20-12-18-2-3-19(20)11-18/h2-5,10,13-14,18-20H,6-9,11-12,15-16H2,1H3. The fourth-order valence-corrected chi connectivity index (χ4v) is 4.77. The number of nitrogens with zero attached hydrogens (tertiary/aromatic N) is 3. The van der Waals surface area contributed by atoms with Crippen LogP contribution in [-0.2, 0) is 22.6 Å². The monoisotopic (exact) mass is 451 g/mol. The molecule has 2 aromatic heterocycles. The number of fused-ring (bicyclic) bond motifs is 3. The molecule has 3 atom stereocenters. The lowest BCUT2D eigenvalue weighted by Gasteiger charge is -2.17. The Balaban J connectivity index is 0.998. The van der Waals surface area contributed by atoms with Crippen LogP contribution >= 0.6 is 0 Å². The Morgan fingerprint density at radius 3 is 2.88 bits per heavy atom. The minimum atomic E-state index is -0.369. The molecule has 0 amide bonds. The van der Waals surface area contributed by atoms with E-state index in [1.807, 2.05) is 25.3 Å². The summed E-state index contributed by atoms with van der Waals surface area (Å²) < 4.78 is 24.3. The summed E-state index contributed by atoms with van der Waals surface area (Å²) in [6.45, 7) is 5.36. The number of hydrogen-bond acceptors (Lipinski definition) is 7. The zero-order valence-corrected chi connectivity index (χ0v) is 18.8. The molecule has 5 rings (SSSR count). The molecule has 3 unspecified atom stereocenters. The van der Waals surface area contributed by atoms with Gasteiger partial charge in [0.05, 0.1) is 39.2 Å². The first-order valence-electron chi connectivity index (χ1n) is 11.5. The molecule has 1 saturated carbocycles. The van der Waals surface area contributed by atoms with Crippen LogP contribution in [0.5, 0.6) is 5.75 Å². The van der Waals surface area contributed by atoms with Crippen LogP contribution in [0.4, 0.5) is 0 Å². The van der Waals surface area contributed by atoms with Crippen LogP contribution in [-0.4, -0.2) is 41.4 Å². The summed E-state index contributed by atoms with van der Waals surface area (Å²) >= 11 is 0. The third kappa shape index (κ3) is 5.34. The number of aryl methyl sites for hydroxylation is 1. The van der Waals surface area contributed by atoms with Crippen LogP contribution in [0.15, 0.2) is 51.8 Å². The van der Waals surface area contributed by atoms with Crippen LogP contribution in [0.3, 0.4) is 0 Å². The zero-order chi connectivity index (χ0) is 22.6. The lowest BCUT2D eigenvalue weighted by atomic mass is 9.95. The van der Waals surface area contributed by atoms with Gasteiger partial charge in [0.2, 0.25) is 0 Å². The Morgan fingerprint density at radius 2 is 2.03 bits per heavy atom. The van der Waals surface area contributed by atoms with Crippen LogP contribution in [0.1, 0.15) is 24.1 Å². The predicted octanol–water partition coefficient (Wildman–Crippen LogP) is 3.52. The highest BCUT2D eigenvalue weighted by atomic mass is 16.5. The van der Waals surface area contributed by atoms with Crippen LogP contribution in [0.2, 0.25) is 0 Å². The van der Waals surface area contributed by atoms with Gasteiger partial charge in [-0.05, 0) is 55.2 Å². The number of allylic oxidation sites excluding steroid dienone is 2. The molecule has 0 radical (unpaired) electrons. The molecule has 8 nitrogen and oxygen atoms in total. The van der Waals surface area contributed by atoms with Gasteiger partial charge in [-0.2, -0.15) is 0 Å². The molecule has 2 heterocycles. The average molecular weight is 452 g/mol. The van der Waals surface area contributed by atoms with Crippen molar-refractivity contribution in [1.82, 2.24) is 15.0 Å².